The average Bonchev–Trinajstić information content (AvgIpc) is 2.21. The fraction of sp³-hybridized carbons (Fsp3) is 0.400. The predicted octanol–water partition coefficient (Wildman–Crippen LogP) is 1.22. The van der Waals surface area contributed by atoms with Gasteiger partial charge in [-0.3, -0.25) is 14.9 Å². The van der Waals surface area contributed by atoms with Crippen LogP contribution in [0.15, 0.2) is 17.1 Å². The largest absolute Gasteiger partial charge is 0.308 e. The summed E-state index contributed by atoms with van der Waals surface area (Å²) in [7, 11) is 0. The lowest BCUT2D eigenvalue weighted by molar-refractivity contribution is -0.385. The molecule has 0 radical (unpaired) electrons. The first-order valence-electron chi connectivity index (χ1n) is 4.70. The lowest BCUT2D eigenvalue weighted by atomic mass is 10.2. The number of nitro groups is 1. The summed E-state index contributed by atoms with van der Waals surface area (Å²) in [4.78, 5) is 21.6. The van der Waals surface area contributed by atoms with Crippen molar-refractivity contribution in [1.82, 2.24) is 4.57 Å². The van der Waals surface area contributed by atoms with Gasteiger partial charge < -0.3 is 4.57 Å². The van der Waals surface area contributed by atoms with Crippen molar-refractivity contribution in [2.75, 3.05) is 0 Å². The second-order valence-corrected chi connectivity index (χ2v) is 3.62. The zero-order valence-corrected chi connectivity index (χ0v) is 9.01. The summed E-state index contributed by atoms with van der Waals surface area (Å²) in [5.74, 6) is -0.361. The van der Waals surface area contributed by atoms with Crippen LogP contribution in [0.25, 0.3) is 0 Å². The monoisotopic (exact) mass is 221 g/mol. The van der Waals surface area contributed by atoms with Crippen LogP contribution in [-0.4, -0.2) is 9.49 Å². The van der Waals surface area contributed by atoms with Crippen LogP contribution in [-0.2, 0) is 6.54 Å². The van der Waals surface area contributed by atoms with E-state index in [1.54, 1.807) is 6.92 Å². The lowest BCUT2D eigenvalue weighted by Crippen LogP contribution is -2.22. The molecule has 6 nitrogen and oxygen atoms in total. The molecular formula is C10H11N3O3. The van der Waals surface area contributed by atoms with Gasteiger partial charge in [0.1, 0.15) is 0 Å². The quantitative estimate of drug-likeness (QED) is 0.567. The van der Waals surface area contributed by atoms with Crippen molar-refractivity contribution in [3.8, 4) is 6.07 Å². The van der Waals surface area contributed by atoms with E-state index in [1.165, 1.54) is 23.8 Å². The minimum atomic E-state index is -0.539. The van der Waals surface area contributed by atoms with Crippen LogP contribution in [0.2, 0.25) is 0 Å². The summed E-state index contributed by atoms with van der Waals surface area (Å²) >= 11 is 0. The first kappa shape index (κ1) is 11.9. The van der Waals surface area contributed by atoms with Crippen LogP contribution in [0.1, 0.15) is 12.5 Å². The third-order valence-electron chi connectivity index (χ3n) is 2.19. The first-order chi connectivity index (χ1) is 7.45. The highest BCUT2D eigenvalue weighted by Crippen LogP contribution is 2.14. The number of hydrogen-bond acceptors (Lipinski definition) is 4. The molecule has 1 heterocycles. The standard InChI is InChI=1S/C10H11N3O3/c1-7(4-11)5-12-6-9(13(15)16)8(2)3-10(12)14/h3,6-7H,5H2,1-2H3. The van der Waals surface area contributed by atoms with Gasteiger partial charge in [0.05, 0.1) is 23.1 Å². The fourth-order valence-corrected chi connectivity index (χ4v) is 1.32. The minimum Gasteiger partial charge on any atom is -0.308 e. The molecule has 0 N–H and O–H groups in total. The number of aryl methyl sites for hydroxylation is 1. The zero-order valence-electron chi connectivity index (χ0n) is 9.01. The molecule has 1 rings (SSSR count). The van der Waals surface area contributed by atoms with E-state index >= 15 is 0 Å². The van der Waals surface area contributed by atoms with E-state index in [0.29, 0.717) is 5.56 Å². The fourth-order valence-electron chi connectivity index (χ4n) is 1.32. The molecule has 84 valence electrons. The Morgan fingerprint density at radius 1 is 1.69 bits per heavy atom. The Morgan fingerprint density at radius 3 is 2.81 bits per heavy atom. The molecule has 0 fully saturated rings. The van der Waals surface area contributed by atoms with E-state index in [9.17, 15) is 14.9 Å². The van der Waals surface area contributed by atoms with E-state index < -0.39 is 4.92 Å². The van der Waals surface area contributed by atoms with Crippen LogP contribution in [0, 0.1) is 34.3 Å². The molecule has 6 heteroatoms. The SMILES string of the molecule is Cc1cc(=O)n(CC(C)C#N)cc1[N+](=O)[O-]. The van der Waals surface area contributed by atoms with Gasteiger partial charge >= 0.3 is 0 Å². The maximum Gasteiger partial charge on any atom is 0.288 e. The van der Waals surface area contributed by atoms with Crippen molar-refractivity contribution in [1.29, 1.82) is 5.26 Å². The minimum absolute atomic E-state index is 0.107. The van der Waals surface area contributed by atoms with Gasteiger partial charge in [-0.1, -0.05) is 0 Å². The zero-order chi connectivity index (χ0) is 12.3. The Hall–Kier alpha value is -2.16. The molecule has 0 aliphatic carbocycles. The molecule has 0 spiro atoms. The van der Waals surface area contributed by atoms with Gasteiger partial charge in [0.25, 0.3) is 11.2 Å². The second kappa shape index (κ2) is 4.57. The third kappa shape index (κ3) is 2.45. The van der Waals surface area contributed by atoms with Crippen LogP contribution >= 0.6 is 0 Å². The van der Waals surface area contributed by atoms with E-state index in [0.717, 1.165) is 0 Å². The highest BCUT2D eigenvalue weighted by molar-refractivity contribution is 5.35. The Kier molecular flexibility index (Phi) is 3.40. The first-order valence-corrected chi connectivity index (χ1v) is 4.70. The Labute approximate surface area is 91.9 Å². The maximum absolute atomic E-state index is 11.5. The Balaban J connectivity index is 3.21. The summed E-state index contributed by atoms with van der Waals surface area (Å²) in [5.41, 5.74) is -0.106. The molecule has 0 aromatic carbocycles. The van der Waals surface area contributed by atoms with E-state index in [1.807, 2.05) is 6.07 Å². The van der Waals surface area contributed by atoms with Crippen LogP contribution in [0.3, 0.4) is 0 Å². The molecule has 0 amide bonds. The smallest absolute Gasteiger partial charge is 0.288 e. The van der Waals surface area contributed by atoms with Crippen LogP contribution in [0.5, 0.6) is 0 Å². The molecule has 0 aliphatic rings. The second-order valence-electron chi connectivity index (χ2n) is 3.62. The van der Waals surface area contributed by atoms with Crippen LogP contribution < -0.4 is 5.56 Å². The summed E-state index contributed by atoms with van der Waals surface area (Å²) in [6.07, 6.45) is 1.19. The topological polar surface area (TPSA) is 88.9 Å². The highest BCUT2D eigenvalue weighted by Gasteiger charge is 2.14. The predicted molar refractivity (Wildman–Crippen MR) is 56.9 cm³/mol. The van der Waals surface area contributed by atoms with E-state index in [2.05, 4.69) is 0 Å². The molecule has 1 aromatic heterocycles. The maximum atomic E-state index is 11.5. The Bertz CT molecular complexity index is 513. The van der Waals surface area contributed by atoms with E-state index in [-0.39, 0.29) is 23.7 Å². The van der Waals surface area contributed by atoms with Crippen molar-refractivity contribution in [2.24, 2.45) is 5.92 Å². The molecule has 0 aliphatic heterocycles. The molecule has 16 heavy (non-hydrogen) atoms. The number of nitrogens with zero attached hydrogens (tertiary/aromatic N) is 3. The normalized spacial score (nSPS) is 11.8. The summed E-state index contributed by atoms with van der Waals surface area (Å²) < 4.78 is 1.19. The average molecular weight is 221 g/mol. The lowest BCUT2D eigenvalue weighted by Gasteiger charge is -2.07. The van der Waals surface area contributed by atoms with Gasteiger partial charge in [0.15, 0.2) is 0 Å². The number of pyridine rings is 1. The molecule has 1 aromatic rings. The van der Waals surface area contributed by atoms with Gasteiger partial charge in [0, 0.05) is 18.2 Å². The molecule has 1 unspecified atom stereocenters. The molecule has 0 saturated heterocycles. The number of hydrogen-bond donors (Lipinski definition) is 0. The number of rotatable bonds is 3. The summed E-state index contributed by atoms with van der Waals surface area (Å²) in [6, 6.07) is 3.18. The van der Waals surface area contributed by atoms with Gasteiger partial charge in [0.2, 0.25) is 0 Å². The summed E-state index contributed by atoms with van der Waals surface area (Å²) in [6.45, 7) is 3.33. The van der Waals surface area contributed by atoms with Gasteiger partial charge in [-0.25, -0.2) is 0 Å². The van der Waals surface area contributed by atoms with Gasteiger partial charge in [-0.15, -0.1) is 0 Å². The van der Waals surface area contributed by atoms with Gasteiger partial charge in [-0.2, -0.15) is 5.26 Å². The molecule has 1 atom stereocenters. The molecular weight excluding hydrogens is 210 g/mol. The highest BCUT2D eigenvalue weighted by atomic mass is 16.6. The Morgan fingerprint density at radius 2 is 2.31 bits per heavy atom. The molecule has 0 saturated carbocycles. The third-order valence-corrected chi connectivity index (χ3v) is 2.19. The van der Waals surface area contributed by atoms with Crippen LogP contribution in [0.4, 0.5) is 5.69 Å². The van der Waals surface area contributed by atoms with Crippen molar-refractivity contribution in [3.63, 3.8) is 0 Å². The van der Waals surface area contributed by atoms with E-state index in [4.69, 9.17) is 5.26 Å². The van der Waals surface area contributed by atoms with Crippen molar-refractivity contribution in [3.05, 3.63) is 38.3 Å². The van der Waals surface area contributed by atoms with Crippen molar-refractivity contribution < 1.29 is 4.92 Å². The molecule has 0 bridgehead atoms. The van der Waals surface area contributed by atoms with Crippen molar-refractivity contribution in [2.45, 2.75) is 20.4 Å². The van der Waals surface area contributed by atoms with Crippen molar-refractivity contribution >= 4 is 5.69 Å². The number of nitriles is 1. The van der Waals surface area contributed by atoms with Gasteiger partial charge in [-0.05, 0) is 13.8 Å². The summed E-state index contributed by atoms with van der Waals surface area (Å²) in [5, 5.41) is 19.3. The number of aromatic nitrogens is 1.